The standard InChI is InChI=1S/C15H27N3S/c1-4-6-13-15(12(3)16)19-14(17-13)10-18-8-5-7-11(2)9-18/h11-12H,4-10,16H2,1-3H3. The molecule has 0 amide bonds. The van der Waals surface area contributed by atoms with Crippen LogP contribution in [-0.4, -0.2) is 23.0 Å². The minimum atomic E-state index is 0.119. The monoisotopic (exact) mass is 281 g/mol. The molecule has 0 aromatic carbocycles. The maximum absolute atomic E-state index is 6.07. The van der Waals surface area contributed by atoms with Crippen LogP contribution in [0.2, 0.25) is 0 Å². The highest BCUT2D eigenvalue weighted by Gasteiger charge is 2.19. The average molecular weight is 281 g/mol. The fourth-order valence-corrected chi connectivity index (χ4v) is 3.98. The van der Waals surface area contributed by atoms with E-state index in [2.05, 4.69) is 25.7 Å². The summed E-state index contributed by atoms with van der Waals surface area (Å²) >= 11 is 1.82. The maximum atomic E-state index is 6.07. The molecule has 2 heterocycles. The maximum Gasteiger partial charge on any atom is 0.107 e. The van der Waals surface area contributed by atoms with E-state index in [-0.39, 0.29) is 6.04 Å². The van der Waals surface area contributed by atoms with Crippen molar-refractivity contribution in [3.05, 3.63) is 15.6 Å². The second-order valence-corrected chi connectivity index (χ2v) is 7.05. The molecule has 0 aliphatic carbocycles. The largest absolute Gasteiger partial charge is 0.323 e. The fourth-order valence-electron chi connectivity index (χ4n) is 2.88. The van der Waals surface area contributed by atoms with Crippen LogP contribution in [0.25, 0.3) is 0 Å². The number of hydrogen-bond donors (Lipinski definition) is 1. The van der Waals surface area contributed by atoms with Gasteiger partial charge in [0.15, 0.2) is 0 Å². The number of piperidine rings is 1. The zero-order chi connectivity index (χ0) is 13.8. The SMILES string of the molecule is CCCc1nc(CN2CCCC(C)C2)sc1C(C)N. The third-order valence-electron chi connectivity index (χ3n) is 3.77. The van der Waals surface area contributed by atoms with Gasteiger partial charge in [-0.25, -0.2) is 4.98 Å². The molecule has 1 aromatic rings. The van der Waals surface area contributed by atoms with Gasteiger partial charge >= 0.3 is 0 Å². The highest BCUT2D eigenvalue weighted by molar-refractivity contribution is 7.11. The summed E-state index contributed by atoms with van der Waals surface area (Å²) < 4.78 is 0. The van der Waals surface area contributed by atoms with Crippen LogP contribution in [0.3, 0.4) is 0 Å². The van der Waals surface area contributed by atoms with Gasteiger partial charge in [-0.1, -0.05) is 20.3 Å². The van der Waals surface area contributed by atoms with Crippen LogP contribution in [0.4, 0.5) is 0 Å². The van der Waals surface area contributed by atoms with Crippen LogP contribution in [0.5, 0.6) is 0 Å². The van der Waals surface area contributed by atoms with E-state index in [9.17, 15) is 0 Å². The third kappa shape index (κ3) is 4.01. The van der Waals surface area contributed by atoms with Gasteiger partial charge in [0.25, 0.3) is 0 Å². The molecule has 0 radical (unpaired) electrons. The molecule has 1 aromatic heterocycles. The Kier molecular flexibility index (Phi) is 5.37. The van der Waals surface area contributed by atoms with Gasteiger partial charge in [-0.2, -0.15) is 0 Å². The number of nitrogens with two attached hydrogens (primary N) is 1. The van der Waals surface area contributed by atoms with E-state index in [0.717, 1.165) is 25.3 Å². The summed E-state index contributed by atoms with van der Waals surface area (Å²) in [5, 5.41) is 1.25. The van der Waals surface area contributed by atoms with Crippen molar-refractivity contribution >= 4 is 11.3 Å². The quantitative estimate of drug-likeness (QED) is 0.900. The van der Waals surface area contributed by atoms with Gasteiger partial charge in [-0.05, 0) is 38.6 Å². The van der Waals surface area contributed by atoms with Gasteiger partial charge < -0.3 is 5.73 Å². The number of aromatic nitrogens is 1. The molecule has 2 rings (SSSR count). The highest BCUT2D eigenvalue weighted by atomic mass is 32.1. The molecule has 2 atom stereocenters. The summed E-state index contributed by atoms with van der Waals surface area (Å²) in [5.74, 6) is 0.830. The highest BCUT2D eigenvalue weighted by Crippen LogP contribution is 2.27. The second-order valence-electron chi connectivity index (χ2n) is 5.94. The summed E-state index contributed by atoms with van der Waals surface area (Å²) in [4.78, 5) is 8.68. The Balaban J connectivity index is 2.05. The summed E-state index contributed by atoms with van der Waals surface area (Å²) in [6.45, 7) is 10.1. The molecular formula is C15H27N3S. The minimum absolute atomic E-state index is 0.119. The van der Waals surface area contributed by atoms with Gasteiger partial charge in [0, 0.05) is 17.5 Å². The van der Waals surface area contributed by atoms with Gasteiger partial charge in [-0.3, -0.25) is 4.90 Å². The molecule has 1 aliphatic rings. The molecule has 0 bridgehead atoms. The van der Waals surface area contributed by atoms with Gasteiger partial charge in [0.05, 0.1) is 12.2 Å². The van der Waals surface area contributed by atoms with E-state index in [0.29, 0.717) is 0 Å². The Labute approximate surface area is 121 Å². The first-order valence-corrected chi connectivity index (χ1v) is 8.38. The zero-order valence-corrected chi connectivity index (χ0v) is 13.3. The lowest BCUT2D eigenvalue weighted by atomic mass is 10.0. The van der Waals surface area contributed by atoms with Crippen molar-refractivity contribution in [2.75, 3.05) is 13.1 Å². The number of aryl methyl sites for hydroxylation is 1. The van der Waals surface area contributed by atoms with Crippen LogP contribution in [0.1, 0.15) is 61.7 Å². The fraction of sp³-hybridized carbons (Fsp3) is 0.800. The van der Waals surface area contributed by atoms with Crippen molar-refractivity contribution in [3.8, 4) is 0 Å². The van der Waals surface area contributed by atoms with E-state index in [1.54, 1.807) is 0 Å². The number of nitrogens with zero attached hydrogens (tertiary/aromatic N) is 2. The lowest BCUT2D eigenvalue weighted by molar-refractivity contribution is 0.176. The lowest BCUT2D eigenvalue weighted by Gasteiger charge is -2.29. The molecule has 2 N–H and O–H groups in total. The van der Waals surface area contributed by atoms with Crippen molar-refractivity contribution in [2.45, 2.75) is 59.0 Å². The number of rotatable bonds is 5. The normalized spacial score (nSPS) is 22.6. The Morgan fingerprint density at radius 2 is 2.32 bits per heavy atom. The molecule has 1 aliphatic heterocycles. The summed E-state index contributed by atoms with van der Waals surface area (Å²) in [5.41, 5.74) is 7.31. The summed E-state index contributed by atoms with van der Waals surface area (Å²) in [6.07, 6.45) is 4.91. The Bertz CT molecular complexity index is 400. The molecule has 0 saturated carbocycles. The van der Waals surface area contributed by atoms with Crippen molar-refractivity contribution in [2.24, 2.45) is 11.7 Å². The molecule has 108 valence electrons. The number of likely N-dealkylation sites (tertiary alicyclic amines) is 1. The van der Waals surface area contributed by atoms with E-state index in [1.807, 2.05) is 11.3 Å². The molecule has 1 fully saturated rings. The first kappa shape index (κ1) is 14.9. The molecule has 4 heteroatoms. The predicted octanol–water partition coefficient (Wildman–Crippen LogP) is 3.35. The van der Waals surface area contributed by atoms with Crippen LogP contribution < -0.4 is 5.73 Å². The topological polar surface area (TPSA) is 42.2 Å². The molecule has 3 nitrogen and oxygen atoms in total. The van der Waals surface area contributed by atoms with Gasteiger partial charge in [0.2, 0.25) is 0 Å². The van der Waals surface area contributed by atoms with Crippen LogP contribution in [0.15, 0.2) is 0 Å². The minimum Gasteiger partial charge on any atom is -0.323 e. The van der Waals surface area contributed by atoms with E-state index >= 15 is 0 Å². The number of thiazole rings is 1. The van der Waals surface area contributed by atoms with Gasteiger partial charge in [0.1, 0.15) is 5.01 Å². The van der Waals surface area contributed by atoms with Crippen molar-refractivity contribution in [1.82, 2.24) is 9.88 Å². The Morgan fingerprint density at radius 3 is 2.95 bits per heavy atom. The first-order valence-electron chi connectivity index (χ1n) is 7.56. The second kappa shape index (κ2) is 6.82. The van der Waals surface area contributed by atoms with Crippen molar-refractivity contribution in [1.29, 1.82) is 0 Å². The lowest BCUT2D eigenvalue weighted by Crippen LogP contribution is -2.33. The number of hydrogen-bond acceptors (Lipinski definition) is 4. The average Bonchev–Trinajstić information content (AvgIpc) is 2.73. The first-order chi connectivity index (χ1) is 9.10. The van der Waals surface area contributed by atoms with Crippen LogP contribution in [0, 0.1) is 5.92 Å². The molecule has 0 spiro atoms. The van der Waals surface area contributed by atoms with Crippen molar-refractivity contribution < 1.29 is 0 Å². The predicted molar refractivity (Wildman–Crippen MR) is 82.4 cm³/mol. The smallest absolute Gasteiger partial charge is 0.107 e. The summed E-state index contributed by atoms with van der Waals surface area (Å²) in [6, 6.07) is 0.119. The molecular weight excluding hydrogens is 254 g/mol. The van der Waals surface area contributed by atoms with E-state index in [1.165, 1.54) is 41.5 Å². The van der Waals surface area contributed by atoms with Gasteiger partial charge in [-0.15, -0.1) is 11.3 Å². The Morgan fingerprint density at radius 1 is 1.53 bits per heavy atom. The van der Waals surface area contributed by atoms with E-state index < -0.39 is 0 Å². The molecule has 19 heavy (non-hydrogen) atoms. The molecule has 1 saturated heterocycles. The third-order valence-corrected chi connectivity index (χ3v) is 5.06. The van der Waals surface area contributed by atoms with E-state index in [4.69, 9.17) is 10.7 Å². The molecule has 2 unspecified atom stereocenters. The van der Waals surface area contributed by atoms with Crippen LogP contribution >= 0.6 is 11.3 Å². The van der Waals surface area contributed by atoms with Crippen molar-refractivity contribution in [3.63, 3.8) is 0 Å². The Hall–Kier alpha value is -0.450. The van der Waals surface area contributed by atoms with Crippen LogP contribution in [-0.2, 0) is 13.0 Å². The zero-order valence-electron chi connectivity index (χ0n) is 12.5. The summed E-state index contributed by atoms with van der Waals surface area (Å²) in [7, 11) is 0.